The molecule has 0 spiro atoms. The van der Waals surface area contributed by atoms with Crippen LogP contribution in [0.5, 0.6) is 0 Å². The molecule has 0 aromatic heterocycles. The van der Waals surface area contributed by atoms with E-state index in [1.807, 2.05) is 0 Å². The second-order valence-corrected chi connectivity index (χ2v) is 7.61. The zero-order chi connectivity index (χ0) is 20.3. The summed E-state index contributed by atoms with van der Waals surface area (Å²) in [5.41, 5.74) is -0.808. The maximum atomic E-state index is 13.3. The molecule has 0 radical (unpaired) electrons. The molecule has 0 bridgehead atoms. The first-order valence-corrected chi connectivity index (χ1v) is 9.57. The van der Waals surface area contributed by atoms with Gasteiger partial charge in [0.15, 0.2) is 12.2 Å². The van der Waals surface area contributed by atoms with Crippen LogP contribution >= 0.6 is 7.60 Å². The van der Waals surface area contributed by atoms with E-state index in [9.17, 15) is 30.9 Å². The van der Waals surface area contributed by atoms with Gasteiger partial charge in [-0.05, 0) is 11.1 Å². The van der Waals surface area contributed by atoms with Crippen molar-refractivity contribution < 1.29 is 40.0 Å². The van der Waals surface area contributed by atoms with E-state index in [1.54, 1.807) is 0 Å². The van der Waals surface area contributed by atoms with Crippen molar-refractivity contribution in [3.05, 3.63) is 71.8 Å². The lowest BCUT2D eigenvalue weighted by Crippen LogP contribution is -2.26. The van der Waals surface area contributed by atoms with Crippen LogP contribution in [-0.2, 0) is 13.6 Å². The summed E-state index contributed by atoms with van der Waals surface area (Å²) in [7, 11) is -4.77. The molecule has 0 amide bonds. The Morgan fingerprint density at radius 3 is 1.26 bits per heavy atom. The fourth-order valence-corrected chi connectivity index (χ4v) is 3.58. The Morgan fingerprint density at radius 1 is 0.704 bits per heavy atom. The normalized spacial score (nSPS) is 17.1. The molecule has 0 aliphatic carbocycles. The molecule has 0 heterocycles. The van der Waals surface area contributed by atoms with E-state index in [4.69, 9.17) is 0 Å². The number of halogens is 6. The Hall–Kier alpha value is -1.83. The van der Waals surface area contributed by atoms with Gasteiger partial charge in [0.2, 0.25) is 0 Å². The van der Waals surface area contributed by atoms with Crippen molar-refractivity contribution in [2.75, 3.05) is 6.66 Å². The first kappa shape index (κ1) is 21.5. The lowest BCUT2D eigenvalue weighted by Gasteiger charge is -2.28. The van der Waals surface area contributed by atoms with Gasteiger partial charge in [0.25, 0.3) is 0 Å². The molecule has 1 unspecified atom stereocenters. The summed E-state index contributed by atoms with van der Waals surface area (Å²) in [6.07, 6.45) is -15.4. The Bertz CT molecular complexity index is 713. The predicted molar refractivity (Wildman–Crippen MR) is 86.2 cm³/mol. The maximum Gasteiger partial charge on any atom is 0.419 e. The summed E-state index contributed by atoms with van der Waals surface area (Å²) in [4.78, 5) is 0. The molecule has 3 nitrogen and oxygen atoms in total. The van der Waals surface area contributed by atoms with Gasteiger partial charge < -0.3 is 0 Å². The number of alkyl halides is 6. The van der Waals surface area contributed by atoms with Crippen LogP contribution in [-0.4, -0.2) is 19.0 Å². The van der Waals surface area contributed by atoms with Gasteiger partial charge in [-0.15, -0.1) is 0 Å². The number of rotatable bonds is 6. The summed E-state index contributed by atoms with van der Waals surface area (Å²) in [6, 6.07) is 12.3. The zero-order valence-corrected chi connectivity index (χ0v) is 14.8. The Balaban J connectivity index is 2.31. The van der Waals surface area contributed by atoms with Crippen LogP contribution in [0.4, 0.5) is 26.3 Å². The standard InChI is InChI=1S/C17H15F6O3P/c1-27(24,25-14(16(18,19)20)12-8-4-2-5-9-12)26-15(17(21,22)23)13-10-6-3-7-11-13/h2-11,14-15H,1H3/t14-,15+,27?. The second kappa shape index (κ2) is 8.04. The van der Waals surface area contributed by atoms with Crippen LogP contribution in [0.15, 0.2) is 60.7 Å². The topological polar surface area (TPSA) is 35.5 Å². The quantitative estimate of drug-likeness (QED) is 0.404. The maximum absolute atomic E-state index is 13.3. The molecule has 2 aromatic rings. The molecule has 148 valence electrons. The van der Waals surface area contributed by atoms with Gasteiger partial charge in [-0.3, -0.25) is 13.6 Å². The van der Waals surface area contributed by atoms with Crippen LogP contribution in [0.25, 0.3) is 0 Å². The molecular weight excluding hydrogens is 397 g/mol. The largest absolute Gasteiger partial charge is 0.419 e. The Labute approximate surface area is 151 Å². The van der Waals surface area contributed by atoms with E-state index < -0.39 is 43.3 Å². The van der Waals surface area contributed by atoms with Gasteiger partial charge in [-0.25, -0.2) is 0 Å². The molecule has 10 heteroatoms. The summed E-state index contributed by atoms with van der Waals surface area (Å²) >= 11 is 0. The highest BCUT2D eigenvalue weighted by molar-refractivity contribution is 7.53. The van der Waals surface area contributed by atoms with Crippen molar-refractivity contribution in [2.45, 2.75) is 24.6 Å². The number of hydrogen-bond donors (Lipinski definition) is 0. The fraction of sp³-hybridized carbons (Fsp3) is 0.294. The van der Waals surface area contributed by atoms with Crippen LogP contribution < -0.4 is 0 Å². The average Bonchev–Trinajstić information content (AvgIpc) is 2.57. The molecule has 0 N–H and O–H groups in total. The van der Waals surface area contributed by atoms with Gasteiger partial charge in [0.1, 0.15) is 0 Å². The minimum Gasteiger partial charge on any atom is -0.291 e. The molecule has 0 aliphatic rings. The Morgan fingerprint density at radius 2 is 1.00 bits per heavy atom. The van der Waals surface area contributed by atoms with Crippen molar-refractivity contribution in [2.24, 2.45) is 0 Å². The highest BCUT2D eigenvalue weighted by Crippen LogP contribution is 2.57. The molecule has 2 rings (SSSR count). The lowest BCUT2D eigenvalue weighted by atomic mass is 10.1. The third-order valence-electron chi connectivity index (χ3n) is 3.39. The van der Waals surface area contributed by atoms with Crippen LogP contribution in [0.2, 0.25) is 0 Å². The van der Waals surface area contributed by atoms with Crippen molar-refractivity contribution in [3.8, 4) is 0 Å². The molecule has 27 heavy (non-hydrogen) atoms. The number of benzene rings is 2. The van der Waals surface area contributed by atoms with Crippen LogP contribution in [0.1, 0.15) is 23.3 Å². The van der Waals surface area contributed by atoms with Gasteiger partial charge in [-0.1, -0.05) is 60.7 Å². The third-order valence-corrected chi connectivity index (χ3v) is 4.58. The highest BCUT2D eigenvalue weighted by Gasteiger charge is 2.49. The molecule has 3 atom stereocenters. The Kier molecular flexibility index (Phi) is 6.39. The van der Waals surface area contributed by atoms with Crippen LogP contribution in [0.3, 0.4) is 0 Å². The van der Waals surface area contributed by atoms with Gasteiger partial charge in [-0.2, -0.15) is 26.3 Å². The summed E-state index contributed by atoms with van der Waals surface area (Å²) in [6.45, 7) is 0.580. The monoisotopic (exact) mass is 412 g/mol. The molecular formula is C17H15F6O3P. The highest BCUT2D eigenvalue weighted by atomic mass is 31.2. The second-order valence-electron chi connectivity index (χ2n) is 5.65. The van der Waals surface area contributed by atoms with E-state index in [-0.39, 0.29) is 0 Å². The lowest BCUT2D eigenvalue weighted by molar-refractivity contribution is -0.213. The van der Waals surface area contributed by atoms with Gasteiger partial charge >= 0.3 is 19.9 Å². The molecule has 0 aliphatic heterocycles. The smallest absolute Gasteiger partial charge is 0.291 e. The van der Waals surface area contributed by atoms with Crippen LogP contribution in [0, 0.1) is 0 Å². The SMILES string of the molecule is CP(=O)(O[C@H](c1ccccc1)C(F)(F)F)O[C@@H](c1ccccc1)C(F)(F)F. The van der Waals surface area contributed by atoms with E-state index in [1.165, 1.54) is 36.4 Å². The average molecular weight is 412 g/mol. The number of hydrogen-bond acceptors (Lipinski definition) is 3. The van der Waals surface area contributed by atoms with Crippen molar-refractivity contribution >= 4 is 7.60 Å². The molecule has 0 fully saturated rings. The minimum atomic E-state index is -5.00. The first-order valence-electron chi connectivity index (χ1n) is 7.58. The van der Waals surface area contributed by atoms with Crippen molar-refractivity contribution in [3.63, 3.8) is 0 Å². The summed E-state index contributed by atoms with van der Waals surface area (Å²) < 4.78 is 101. The summed E-state index contributed by atoms with van der Waals surface area (Å²) in [5, 5.41) is 0. The van der Waals surface area contributed by atoms with E-state index in [2.05, 4.69) is 9.05 Å². The molecule has 2 aromatic carbocycles. The minimum absolute atomic E-state index is 0.404. The van der Waals surface area contributed by atoms with Gasteiger partial charge in [0, 0.05) is 6.66 Å². The first-order chi connectivity index (χ1) is 12.4. The van der Waals surface area contributed by atoms with E-state index in [0.29, 0.717) is 6.66 Å². The molecule has 0 saturated carbocycles. The van der Waals surface area contributed by atoms with Gasteiger partial charge in [0.05, 0.1) is 0 Å². The van der Waals surface area contributed by atoms with Crippen molar-refractivity contribution in [1.29, 1.82) is 0 Å². The summed E-state index contributed by atoms with van der Waals surface area (Å²) in [5.74, 6) is 0. The van der Waals surface area contributed by atoms with E-state index in [0.717, 1.165) is 24.3 Å². The van der Waals surface area contributed by atoms with E-state index >= 15 is 0 Å². The molecule has 0 saturated heterocycles. The fourth-order valence-electron chi connectivity index (χ4n) is 2.28. The predicted octanol–water partition coefficient (Wildman–Crippen LogP) is 6.45. The zero-order valence-electron chi connectivity index (χ0n) is 13.9. The third kappa shape index (κ3) is 6.09. The van der Waals surface area contributed by atoms with Crippen molar-refractivity contribution in [1.82, 2.24) is 0 Å².